The average molecular weight is 395 g/mol. The van der Waals surface area contributed by atoms with Gasteiger partial charge in [0.25, 0.3) is 5.91 Å². The Morgan fingerprint density at radius 2 is 1.54 bits per heavy atom. The van der Waals surface area contributed by atoms with E-state index in [1.54, 1.807) is 19.2 Å². The van der Waals surface area contributed by atoms with Crippen molar-refractivity contribution < 1.29 is 18.4 Å². The number of rotatable bonds is 3. The van der Waals surface area contributed by atoms with Crippen molar-refractivity contribution in [2.45, 2.75) is 10.4 Å². The number of hydrogen-bond acceptors (Lipinski definition) is 3. The molecule has 2 aromatic rings. The minimum Gasteiger partial charge on any atom is -0.324 e. The first-order chi connectivity index (χ1) is 13.4. The van der Waals surface area contributed by atoms with Gasteiger partial charge in [0.15, 0.2) is 5.78 Å². The van der Waals surface area contributed by atoms with Gasteiger partial charge >= 0.3 is 0 Å². The van der Waals surface area contributed by atoms with Crippen molar-refractivity contribution in [3.8, 4) is 0 Å². The molecule has 0 radical (unpaired) electrons. The molecule has 1 aliphatic carbocycles. The summed E-state index contributed by atoms with van der Waals surface area (Å²) < 4.78 is 27.3. The normalized spacial score (nSPS) is 17.9. The van der Waals surface area contributed by atoms with Crippen LogP contribution in [0.15, 0.2) is 82.6 Å². The van der Waals surface area contributed by atoms with Crippen LogP contribution in [0, 0.1) is 11.6 Å². The third-order valence-electron chi connectivity index (χ3n) is 4.80. The summed E-state index contributed by atoms with van der Waals surface area (Å²) in [7, 11) is 1.65. The fourth-order valence-electron chi connectivity index (χ4n) is 3.46. The number of benzene rings is 2. The monoisotopic (exact) mass is 395 g/mol. The molecule has 2 aromatic carbocycles. The van der Waals surface area contributed by atoms with Crippen molar-refractivity contribution in [3.05, 3.63) is 94.9 Å². The van der Waals surface area contributed by atoms with E-state index in [1.807, 2.05) is 30.3 Å². The van der Waals surface area contributed by atoms with Gasteiger partial charge in [-0.05, 0) is 42.0 Å². The minimum atomic E-state index is -0.930. The van der Waals surface area contributed by atoms with Gasteiger partial charge in [-0.15, -0.1) is 0 Å². The first-order valence-corrected chi connectivity index (χ1v) is 9.37. The van der Waals surface area contributed by atoms with Crippen LogP contribution in [-0.4, -0.2) is 29.2 Å². The Morgan fingerprint density at radius 1 is 0.929 bits per heavy atom. The smallest absolute Gasteiger partial charge is 0.262 e. The molecule has 1 aliphatic heterocycles. The Kier molecular flexibility index (Phi) is 4.51. The van der Waals surface area contributed by atoms with Gasteiger partial charge in [-0.2, -0.15) is 0 Å². The van der Waals surface area contributed by atoms with Crippen LogP contribution in [0.25, 0.3) is 5.57 Å². The quantitative estimate of drug-likeness (QED) is 0.774. The molecule has 0 aromatic heterocycles. The predicted molar refractivity (Wildman–Crippen MR) is 104 cm³/mol. The van der Waals surface area contributed by atoms with E-state index in [0.717, 1.165) is 23.4 Å². The van der Waals surface area contributed by atoms with Crippen molar-refractivity contribution in [3.63, 3.8) is 0 Å². The number of halogens is 2. The van der Waals surface area contributed by atoms with Crippen LogP contribution in [0.5, 0.6) is 0 Å². The van der Waals surface area contributed by atoms with E-state index in [-0.39, 0.29) is 11.7 Å². The second kappa shape index (κ2) is 6.87. The molecule has 0 N–H and O–H groups in total. The largest absolute Gasteiger partial charge is 0.324 e. The maximum Gasteiger partial charge on any atom is 0.262 e. The Morgan fingerprint density at radius 3 is 2.14 bits per heavy atom. The lowest BCUT2D eigenvalue weighted by atomic mass is 9.83. The molecule has 0 unspecified atom stereocenters. The standard InChI is InChI=1S/C22H15F2NO2S/c1-25-21(27)20(28-18-12-15(23)11-16(24)13-18)19(14-5-3-2-4-6-14)22(25)9-7-17(26)8-10-22/h2-13H,1H3. The molecule has 6 heteroatoms. The van der Waals surface area contributed by atoms with Gasteiger partial charge in [0.05, 0.1) is 4.91 Å². The summed E-state index contributed by atoms with van der Waals surface area (Å²) in [5.41, 5.74) is 0.541. The second-order valence-corrected chi connectivity index (χ2v) is 7.62. The van der Waals surface area contributed by atoms with Crippen LogP contribution in [0.3, 0.4) is 0 Å². The Balaban J connectivity index is 1.92. The number of carbonyl (C=O) groups excluding carboxylic acids is 2. The zero-order valence-electron chi connectivity index (χ0n) is 14.9. The van der Waals surface area contributed by atoms with E-state index in [4.69, 9.17) is 0 Å². The molecule has 1 amide bonds. The molecule has 0 saturated heterocycles. The van der Waals surface area contributed by atoms with Crippen molar-refractivity contribution in [2.75, 3.05) is 7.05 Å². The molecule has 1 spiro atoms. The maximum atomic E-state index is 13.7. The summed E-state index contributed by atoms with van der Waals surface area (Å²) in [6.45, 7) is 0. The van der Waals surface area contributed by atoms with E-state index in [1.165, 1.54) is 29.2 Å². The zero-order chi connectivity index (χ0) is 19.9. The van der Waals surface area contributed by atoms with E-state index in [0.29, 0.717) is 15.4 Å². The molecule has 2 aliphatic rings. The number of carbonyl (C=O) groups is 2. The topological polar surface area (TPSA) is 37.4 Å². The number of amides is 1. The predicted octanol–water partition coefficient (Wildman–Crippen LogP) is 4.37. The molecule has 0 fully saturated rings. The van der Waals surface area contributed by atoms with Gasteiger partial charge in [-0.25, -0.2) is 8.78 Å². The molecule has 1 heterocycles. The summed E-state index contributed by atoms with van der Waals surface area (Å²) in [5, 5.41) is 0. The van der Waals surface area contributed by atoms with Crippen LogP contribution >= 0.6 is 11.8 Å². The molecule has 0 atom stereocenters. The number of allylic oxidation sites excluding steroid dienone is 2. The number of nitrogens with zero attached hydrogens (tertiary/aromatic N) is 1. The van der Waals surface area contributed by atoms with Crippen molar-refractivity contribution in [1.29, 1.82) is 0 Å². The highest BCUT2D eigenvalue weighted by atomic mass is 32.2. The van der Waals surface area contributed by atoms with Gasteiger partial charge in [-0.3, -0.25) is 9.59 Å². The third-order valence-corrected chi connectivity index (χ3v) is 5.86. The molecule has 0 bridgehead atoms. The van der Waals surface area contributed by atoms with Gasteiger partial charge in [0, 0.05) is 23.6 Å². The van der Waals surface area contributed by atoms with Gasteiger partial charge in [0.2, 0.25) is 0 Å². The highest BCUT2D eigenvalue weighted by molar-refractivity contribution is 8.04. The number of ketones is 1. The van der Waals surface area contributed by atoms with Crippen LogP contribution < -0.4 is 0 Å². The maximum absolute atomic E-state index is 13.7. The number of hydrogen-bond donors (Lipinski definition) is 0. The lowest BCUT2D eigenvalue weighted by molar-refractivity contribution is -0.125. The summed E-state index contributed by atoms with van der Waals surface area (Å²) in [5.74, 6) is -1.86. The van der Waals surface area contributed by atoms with Gasteiger partial charge < -0.3 is 4.90 Å². The summed E-state index contributed by atoms with van der Waals surface area (Å²) >= 11 is 1.02. The number of likely N-dealkylation sites (N-methyl/N-ethyl adjacent to an activating group) is 1. The number of thioether (sulfide) groups is 1. The summed E-state index contributed by atoms with van der Waals surface area (Å²) in [6.07, 6.45) is 6.24. The first kappa shape index (κ1) is 18.4. The van der Waals surface area contributed by atoms with Gasteiger partial charge in [0.1, 0.15) is 17.2 Å². The SMILES string of the molecule is CN1C(=O)C(Sc2cc(F)cc(F)c2)=C(c2ccccc2)C12C=CC(=O)C=C2. The Labute approximate surface area is 165 Å². The summed E-state index contributed by atoms with van der Waals surface area (Å²) in [6, 6.07) is 12.5. The molecule has 28 heavy (non-hydrogen) atoms. The van der Waals surface area contributed by atoms with Crippen LogP contribution in [0.1, 0.15) is 5.56 Å². The fraction of sp³-hybridized carbons (Fsp3) is 0.0909. The fourth-order valence-corrected chi connectivity index (χ4v) is 4.65. The van der Waals surface area contributed by atoms with Crippen LogP contribution in [-0.2, 0) is 9.59 Å². The molecular formula is C22H15F2NO2S. The minimum absolute atomic E-state index is 0.160. The van der Waals surface area contributed by atoms with E-state index >= 15 is 0 Å². The lowest BCUT2D eigenvalue weighted by Gasteiger charge is -2.34. The highest BCUT2D eigenvalue weighted by Gasteiger charge is 2.48. The molecule has 140 valence electrons. The zero-order valence-corrected chi connectivity index (χ0v) is 15.7. The summed E-state index contributed by atoms with van der Waals surface area (Å²) in [4.78, 5) is 27.0. The van der Waals surface area contributed by atoms with Crippen molar-refractivity contribution >= 4 is 29.0 Å². The van der Waals surface area contributed by atoms with Crippen molar-refractivity contribution in [1.82, 2.24) is 4.90 Å². The second-order valence-electron chi connectivity index (χ2n) is 6.54. The average Bonchev–Trinajstić information content (AvgIpc) is 2.86. The molecule has 3 nitrogen and oxygen atoms in total. The van der Waals surface area contributed by atoms with E-state index in [9.17, 15) is 18.4 Å². The highest BCUT2D eigenvalue weighted by Crippen LogP contribution is 2.49. The molecular weight excluding hydrogens is 380 g/mol. The Hall–Kier alpha value is -2.99. The van der Waals surface area contributed by atoms with E-state index < -0.39 is 17.2 Å². The van der Waals surface area contributed by atoms with Crippen molar-refractivity contribution in [2.24, 2.45) is 0 Å². The Bertz CT molecular complexity index is 1040. The lowest BCUT2D eigenvalue weighted by Crippen LogP contribution is -2.43. The van der Waals surface area contributed by atoms with Gasteiger partial charge in [-0.1, -0.05) is 42.1 Å². The molecule has 4 rings (SSSR count). The first-order valence-electron chi connectivity index (χ1n) is 8.55. The van der Waals surface area contributed by atoms with E-state index in [2.05, 4.69) is 0 Å². The third kappa shape index (κ3) is 2.99. The van der Waals surface area contributed by atoms with Crippen LogP contribution in [0.4, 0.5) is 8.78 Å². The molecule has 0 saturated carbocycles. The van der Waals surface area contributed by atoms with Crippen LogP contribution in [0.2, 0.25) is 0 Å².